The zero-order chi connectivity index (χ0) is 29.9. The molecule has 4 heterocycles. The van der Waals surface area contributed by atoms with Crippen LogP contribution in [0.15, 0.2) is 6.07 Å². The fourth-order valence-corrected chi connectivity index (χ4v) is 7.88. The molecular formula is C32H40AcN4O6. The van der Waals surface area contributed by atoms with Gasteiger partial charge in [-0.2, -0.15) is 5.26 Å². The largest absolute Gasteiger partial charge is 0.507 e. The van der Waals surface area contributed by atoms with Gasteiger partial charge in [-0.1, -0.05) is 25.8 Å². The van der Waals surface area contributed by atoms with Gasteiger partial charge in [-0.25, -0.2) is 0 Å². The molecule has 3 N–H and O–H groups in total. The van der Waals surface area contributed by atoms with Gasteiger partial charge in [0.1, 0.15) is 11.8 Å². The number of carbonyl (C=O) groups excluding carboxylic acids is 1. The van der Waals surface area contributed by atoms with Crippen LogP contribution in [-0.4, -0.2) is 71.5 Å². The second-order valence-electron chi connectivity index (χ2n) is 12.0. The van der Waals surface area contributed by atoms with E-state index in [4.69, 9.17) is 14.2 Å². The number of methoxy groups -OCH3 is 1. The number of aryl methyl sites for hydroxylation is 1. The summed E-state index contributed by atoms with van der Waals surface area (Å²) in [5, 5.41) is 36.9. The number of hydrogen-bond donors (Lipinski definition) is 3. The second-order valence-corrected chi connectivity index (χ2v) is 12.0. The number of nitrogens with zero attached hydrogens (tertiary/aromatic N) is 3. The van der Waals surface area contributed by atoms with Gasteiger partial charge in [0.05, 0.1) is 25.3 Å². The summed E-state index contributed by atoms with van der Waals surface area (Å²) in [5.41, 5.74) is 4.77. The number of likely N-dealkylation sites (N-methyl/N-ethyl adjacent to an activating group) is 1. The summed E-state index contributed by atoms with van der Waals surface area (Å²) >= 11 is 0. The minimum absolute atomic E-state index is 0. The average Bonchev–Trinajstić information content (AvgIpc) is 3.45. The number of benzene rings is 2. The van der Waals surface area contributed by atoms with Crippen LogP contribution in [0.2, 0.25) is 0 Å². The Morgan fingerprint density at radius 1 is 1.14 bits per heavy atom. The monoisotopic (exact) mass is 803 g/mol. The van der Waals surface area contributed by atoms with E-state index in [1.54, 1.807) is 7.11 Å². The molecule has 1 fully saturated rings. The maximum absolute atomic E-state index is 12.9. The molecule has 1 amide bonds. The second kappa shape index (κ2) is 12.6. The number of fused-ring (bicyclic) bond motifs is 9. The first-order chi connectivity index (χ1) is 20.2. The molecular weight excluding hydrogens is 763 g/mol. The molecule has 227 valence electrons. The van der Waals surface area contributed by atoms with Crippen molar-refractivity contribution in [3.05, 3.63) is 39.4 Å². The van der Waals surface area contributed by atoms with Crippen LogP contribution in [0.4, 0.5) is 0 Å². The first-order valence-corrected chi connectivity index (χ1v) is 14.9. The van der Waals surface area contributed by atoms with Crippen LogP contribution >= 0.6 is 0 Å². The third-order valence-electron chi connectivity index (χ3n) is 9.79. The summed E-state index contributed by atoms with van der Waals surface area (Å²) in [6, 6.07) is 3.00. The van der Waals surface area contributed by atoms with Crippen molar-refractivity contribution in [2.75, 3.05) is 27.5 Å². The number of hydrogen-bond acceptors (Lipinski definition) is 9. The Balaban J connectivity index is 0.00000368. The number of aromatic hydroxyl groups is 2. The molecule has 1 unspecified atom stereocenters. The molecule has 0 aliphatic carbocycles. The van der Waals surface area contributed by atoms with Crippen molar-refractivity contribution >= 4 is 5.91 Å². The molecule has 2 aromatic carbocycles. The minimum atomic E-state index is -0.509. The molecule has 2 aromatic rings. The van der Waals surface area contributed by atoms with E-state index in [1.165, 1.54) is 0 Å². The number of rotatable bonds is 7. The van der Waals surface area contributed by atoms with E-state index in [2.05, 4.69) is 34.2 Å². The molecule has 1 saturated heterocycles. The third kappa shape index (κ3) is 5.07. The third-order valence-corrected chi connectivity index (χ3v) is 9.79. The molecule has 4 aliphatic heterocycles. The van der Waals surface area contributed by atoms with E-state index in [1.807, 2.05) is 20.9 Å². The van der Waals surface area contributed by atoms with Gasteiger partial charge in [-0.3, -0.25) is 14.6 Å². The fraction of sp³-hybridized carbons (Fsp3) is 0.562. The molecule has 6 rings (SSSR count). The van der Waals surface area contributed by atoms with Gasteiger partial charge >= 0.3 is 0 Å². The normalized spacial score (nSPS) is 25.1. The van der Waals surface area contributed by atoms with E-state index in [0.717, 1.165) is 47.1 Å². The maximum Gasteiger partial charge on any atom is 0.231 e. The number of amides is 1. The van der Waals surface area contributed by atoms with Gasteiger partial charge in [0.15, 0.2) is 23.0 Å². The Morgan fingerprint density at radius 3 is 2.58 bits per heavy atom. The van der Waals surface area contributed by atoms with Crippen molar-refractivity contribution in [3.63, 3.8) is 0 Å². The van der Waals surface area contributed by atoms with Crippen LogP contribution in [-0.2, 0) is 17.6 Å². The van der Waals surface area contributed by atoms with Gasteiger partial charge in [0.2, 0.25) is 12.7 Å². The number of nitriles is 1. The number of nitrogens with one attached hydrogen (secondary N) is 1. The Morgan fingerprint density at radius 2 is 1.88 bits per heavy atom. The Bertz CT molecular complexity index is 1480. The smallest absolute Gasteiger partial charge is 0.231 e. The molecule has 1 radical (unpaired) electrons. The molecule has 0 saturated carbocycles. The predicted molar refractivity (Wildman–Crippen MR) is 155 cm³/mol. The van der Waals surface area contributed by atoms with Crippen LogP contribution < -0.4 is 19.5 Å². The molecule has 43 heavy (non-hydrogen) atoms. The minimum Gasteiger partial charge on any atom is -0.507 e. The van der Waals surface area contributed by atoms with Crippen molar-refractivity contribution in [3.8, 4) is 34.8 Å². The SMILES string of the molecule is CCCCCC(=O)NC[C@H]1c2c(c(O)c(C)c3c2OCO3)CC2[C@H]3c4c(cc(C)c(OC)c4O)C[C@@H]([C@H](C#N)N21)N3C.[Ac]. The summed E-state index contributed by atoms with van der Waals surface area (Å²) in [7, 11) is 3.57. The number of phenolic OH excluding ortho intramolecular Hbond substituents is 2. The number of unbranched alkanes of at least 4 members (excludes halogenated alkanes) is 2. The molecule has 4 aliphatic rings. The van der Waals surface area contributed by atoms with Crippen molar-refractivity contribution in [2.45, 2.75) is 89.5 Å². The van der Waals surface area contributed by atoms with Gasteiger partial charge < -0.3 is 29.7 Å². The molecule has 0 spiro atoms. The van der Waals surface area contributed by atoms with Crippen LogP contribution in [0.3, 0.4) is 0 Å². The number of ether oxygens (including phenoxy) is 3. The Hall–Kier alpha value is -2.24. The zero-order valence-electron chi connectivity index (χ0n) is 25.6. The van der Waals surface area contributed by atoms with E-state index < -0.39 is 12.1 Å². The molecule has 5 atom stereocenters. The number of phenols is 2. The van der Waals surface area contributed by atoms with Crippen molar-refractivity contribution in [1.82, 2.24) is 15.1 Å². The van der Waals surface area contributed by atoms with Crippen molar-refractivity contribution in [1.29, 1.82) is 5.26 Å². The molecule has 10 nitrogen and oxygen atoms in total. The van der Waals surface area contributed by atoms with E-state index in [0.29, 0.717) is 42.1 Å². The van der Waals surface area contributed by atoms with Gasteiger partial charge in [0, 0.05) is 91.4 Å². The summed E-state index contributed by atoms with van der Waals surface area (Å²) < 4.78 is 17.4. The van der Waals surface area contributed by atoms with Gasteiger partial charge in [0.25, 0.3) is 0 Å². The van der Waals surface area contributed by atoms with Crippen LogP contribution in [0.1, 0.15) is 78.1 Å². The van der Waals surface area contributed by atoms with E-state index in [9.17, 15) is 20.3 Å². The summed E-state index contributed by atoms with van der Waals surface area (Å²) in [6.07, 6.45) is 4.27. The predicted octanol–water partition coefficient (Wildman–Crippen LogP) is 3.92. The quantitative estimate of drug-likeness (QED) is 0.358. The Labute approximate surface area is 288 Å². The standard InChI is InChI=1S/C32H40N4O6.Ac/c1-6-7-8-9-24(37)34-14-23-26-19(28(38)17(3)31-32(26)42-15-41-31)12-21-27-25-18(10-16(2)30(40-5)29(25)39)11-20(35(27)4)22(13-33)36(21)23;/h10,20-23,27,38-39H,6-9,11-12,14-15H2,1-5H3,(H,34,37);/t20-,21?,22-,23-,27-;/m0./s1. The number of piperazine rings is 1. The van der Waals surface area contributed by atoms with Crippen LogP contribution in [0.5, 0.6) is 28.7 Å². The molecule has 2 bridgehead atoms. The first kappa shape index (κ1) is 32.2. The fourth-order valence-electron chi connectivity index (χ4n) is 7.88. The van der Waals surface area contributed by atoms with E-state index >= 15 is 0 Å². The first-order valence-electron chi connectivity index (χ1n) is 14.9. The van der Waals surface area contributed by atoms with Gasteiger partial charge in [-0.05, 0) is 51.3 Å². The summed E-state index contributed by atoms with van der Waals surface area (Å²) in [4.78, 5) is 17.3. The molecule has 0 aromatic heterocycles. The number of carbonyl (C=O) groups is 1. The summed E-state index contributed by atoms with van der Waals surface area (Å²) in [6.45, 7) is 6.14. The maximum atomic E-state index is 12.9. The summed E-state index contributed by atoms with van der Waals surface area (Å²) in [5.74, 6) is 1.76. The average molecular weight is 804 g/mol. The molecule has 11 heteroatoms. The van der Waals surface area contributed by atoms with Gasteiger partial charge in [-0.15, -0.1) is 0 Å². The van der Waals surface area contributed by atoms with Crippen molar-refractivity contribution < 1.29 is 73.3 Å². The topological polar surface area (TPSA) is 128 Å². The van der Waals surface area contributed by atoms with Crippen molar-refractivity contribution in [2.24, 2.45) is 0 Å². The zero-order valence-corrected chi connectivity index (χ0v) is 30.3. The van der Waals surface area contributed by atoms with Crippen LogP contribution in [0.25, 0.3) is 0 Å². The van der Waals surface area contributed by atoms with Crippen LogP contribution in [0, 0.1) is 69.2 Å². The van der Waals surface area contributed by atoms with E-state index in [-0.39, 0.29) is 92.9 Å². The Kier molecular flexibility index (Phi) is 9.45.